The highest BCUT2D eigenvalue weighted by molar-refractivity contribution is 5.03. The predicted molar refractivity (Wildman–Crippen MR) is 56.3 cm³/mol. The standard InChI is InChI=1S/C11H19F3N2/c1-10(2,3)15-5-8-4-9(6-15)16(8)7-11(12,13)14/h8-9H,4-7H2,1-3H3. The van der Waals surface area contributed by atoms with Gasteiger partial charge in [-0.15, -0.1) is 0 Å². The smallest absolute Gasteiger partial charge is 0.295 e. The number of rotatable bonds is 1. The van der Waals surface area contributed by atoms with Gasteiger partial charge >= 0.3 is 6.18 Å². The summed E-state index contributed by atoms with van der Waals surface area (Å²) >= 11 is 0. The van der Waals surface area contributed by atoms with Gasteiger partial charge in [-0.05, 0) is 27.2 Å². The van der Waals surface area contributed by atoms with Gasteiger partial charge in [0.25, 0.3) is 0 Å². The van der Waals surface area contributed by atoms with E-state index in [9.17, 15) is 13.2 Å². The van der Waals surface area contributed by atoms with Crippen molar-refractivity contribution in [3.63, 3.8) is 0 Å². The van der Waals surface area contributed by atoms with Crippen LogP contribution in [0.1, 0.15) is 27.2 Å². The van der Waals surface area contributed by atoms with Gasteiger partial charge in [-0.25, -0.2) is 0 Å². The number of nitrogens with zero attached hydrogens (tertiary/aromatic N) is 2. The van der Waals surface area contributed by atoms with Crippen LogP contribution in [0.5, 0.6) is 0 Å². The van der Waals surface area contributed by atoms with Crippen molar-refractivity contribution in [3.05, 3.63) is 0 Å². The number of alkyl halides is 3. The monoisotopic (exact) mass is 236 g/mol. The number of hydrogen-bond acceptors (Lipinski definition) is 2. The van der Waals surface area contributed by atoms with Crippen LogP contribution < -0.4 is 0 Å². The highest BCUT2D eigenvalue weighted by Crippen LogP contribution is 2.37. The van der Waals surface area contributed by atoms with Crippen molar-refractivity contribution < 1.29 is 13.2 Å². The summed E-state index contributed by atoms with van der Waals surface area (Å²) in [4.78, 5) is 3.90. The SMILES string of the molecule is CC(C)(C)N1CC2CC(C1)N2CC(F)(F)F. The Labute approximate surface area is 94.4 Å². The number of fused-ring (bicyclic) bond motifs is 2. The van der Waals surface area contributed by atoms with Crippen LogP contribution in [0.2, 0.25) is 0 Å². The molecule has 0 aromatic rings. The van der Waals surface area contributed by atoms with Crippen LogP contribution in [-0.4, -0.2) is 53.2 Å². The zero-order chi connectivity index (χ0) is 12.1. The van der Waals surface area contributed by atoms with Gasteiger partial charge in [0.2, 0.25) is 0 Å². The van der Waals surface area contributed by atoms with Crippen LogP contribution in [-0.2, 0) is 0 Å². The molecule has 0 N–H and O–H groups in total. The highest BCUT2D eigenvalue weighted by atomic mass is 19.4. The first-order valence-electron chi connectivity index (χ1n) is 5.74. The Hall–Kier alpha value is -0.290. The summed E-state index contributed by atoms with van der Waals surface area (Å²) in [5.41, 5.74) is 0.0707. The first-order valence-corrected chi connectivity index (χ1v) is 5.74. The summed E-state index contributed by atoms with van der Waals surface area (Å²) in [6, 6.07) is 0.221. The van der Waals surface area contributed by atoms with Crippen molar-refractivity contribution in [2.24, 2.45) is 0 Å². The molecule has 2 atom stereocenters. The highest BCUT2D eigenvalue weighted by Gasteiger charge is 2.50. The third kappa shape index (κ3) is 2.35. The van der Waals surface area contributed by atoms with Gasteiger partial charge in [-0.1, -0.05) is 0 Å². The minimum absolute atomic E-state index is 0.0707. The Kier molecular flexibility index (Phi) is 2.74. The topological polar surface area (TPSA) is 6.48 Å². The minimum atomic E-state index is -4.05. The normalized spacial score (nSPS) is 32.6. The second-order valence-electron chi connectivity index (χ2n) is 5.91. The van der Waals surface area contributed by atoms with Gasteiger partial charge in [0.15, 0.2) is 0 Å². The summed E-state index contributed by atoms with van der Waals surface area (Å²) in [6.45, 7) is 7.16. The number of hydrogen-bond donors (Lipinski definition) is 0. The summed E-state index contributed by atoms with van der Waals surface area (Å²) < 4.78 is 36.9. The van der Waals surface area contributed by atoms with E-state index >= 15 is 0 Å². The van der Waals surface area contributed by atoms with Gasteiger partial charge < -0.3 is 0 Å². The lowest BCUT2D eigenvalue weighted by Gasteiger charge is -2.59. The summed E-state index contributed by atoms with van der Waals surface area (Å²) in [6.07, 6.45) is -3.12. The minimum Gasteiger partial charge on any atom is -0.295 e. The first kappa shape index (κ1) is 12.2. The van der Waals surface area contributed by atoms with Gasteiger partial charge in [0.1, 0.15) is 0 Å². The van der Waals surface area contributed by atoms with E-state index in [4.69, 9.17) is 0 Å². The predicted octanol–water partition coefficient (Wildman–Crippen LogP) is 2.11. The molecule has 2 nitrogen and oxygen atoms in total. The third-order valence-corrected chi connectivity index (χ3v) is 3.65. The zero-order valence-corrected chi connectivity index (χ0v) is 10.0. The molecule has 3 heterocycles. The Morgan fingerprint density at radius 1 is 1.06 bits per heavy atom. The Morgan fingerprint density at radius 3 is 1.94 bits per heavy atom. The van der Waals surface area contributed by atoms with Gasteiger partial charge in [0.05, 0.1) is 6.54 Å². The van der Waals surface area contributed by atoms with Crippen molar-refractivity contribution in [3.8, 4) is 0 Å². The molecule has 0 aliphatic carbocycles. The Morgan fingerprint density at radius 2 is 1.56 bits per heavy atom. The molecule has 0 radical (unpaired) electrons. The molecular weight excluding hydrogens is 217 g/mol. The van der Waals surface area contributed by atoms with Crippen molar-refractivity contribution in [1.29, 1.82) is 0 Å². The number of piperidine rings is 1. The van der Waals surface area contributed by atoms with Crippen molar-refractivity contribution in [2.45, 2.75) is 51.0 Å². The van der Waals surface area contributed by atoms with E-state index in [1.165, 1.54) is 0 Å². The summed E-state index contributed by atoms with van der Waals surface area (Å²) in [7, 11) is 0. The molecule has 3 fully saturated rings. The van der Waals surface area contributed by atoms with Crippen LogP contribution in [0.4, 0.5) is 13.2 Å². The third-order valence-electron chi connectivity index (χ3n) is 3.65. The molecule has 0 amide bonds. The molecule has 0 aromatic heterocycles. The molecule has 94 valence electrons. The van der Waals surface area contributed by atoms with E-state index in [1.807, 2.05) is 0 Å². The van der Waals surface area contributed by atoms with Crippen LogP contribution in [0.25, 0.3) is 0 Å². The molecular formula is C11H19F3N2. The zero-order valence-electron chi connectivity index (χ0n) is 10.0. The molecule has 2 unspecified atom stereocenters. The fraction of sp³-hybridized carbons (Fsp3) is 1.00. The fourth-order valence-electron chi connectivity index (χ4n) is 2.70. The second-order valence-corrected chi connectivity index (χ2v) is 5.91. The van der Waals surface area contributed by atoms with Gasteiger partial charge in [-0.3, -0.25) is 9.80 Å². The molecule has 0 aromatic carbocycles. The first-order chi connectivity index (χ1) is 7.17. The largest absolute Gasteiger partial charge is 0.401 e. The maximum absolute atomic E-state index is 12.3. The molecule has 3 rings (SSSR count). The number of halogens is 3. The van der Waals surface area contributed by atoms with Crippen LogP contribution in [0.3, 0.4) is 0 Å². The lowest BCUT2D eigenvalue weighted by molar-refractivity contribution is -0.192. The van der Waals surface area contributed by atoms with E-state index in [0.29, 0.717) is 0 Å². The maximum atomic E-state index is 12.3. The quantitative estimate of drug-likeness (QED) is 0.688. The van der Waals surface area contributed by atoms with E-state index in [0.717, 1.165) is 19.5 Å². The number of piperazine rings is 1. The summed E-state index contributed by atoms with van der Waals surface area (Å²) in [5, 5.41) is 0. The Bertz CT molecular complexity index is 257. The van der Waals surface area contributed by atoms with Gasteiger partial charge in [0, 0.05) is 30.7 Å². The lowest BCUT2D eigenvalue weighted by atomic mass is 9.85. The molecule has 3 aliphatic heterocycles. The molecule has 3 saturated heterocycles. The van der Waals surface area contributed by atoms with Crippen molar-refractivity contribution in [2.75, 3.05) is 19.6 Å². The van der Waals surface area contributed by atoms with Crippen LogP contribution in [0.15, 0.2) is 0 Å². The average Bonchev–Trinajstić information content (AvgIpc) is 2.12. The molecule has 2 bridgehead atoms. The van der Waals surface area contributed by atoms with Crippen LogP contribution >= 0.6 is 0 Å². The van der Waals surface area contributed by atoms with E-state index in [2.05, 4.69) is 25.7 Å². The van der Waals surface area contributed by atoms with E-state index in [-0.39, 0.29) is 17.6 Å². The Balaban J connectivity index is 1.93. The van der Waals surface area contributed by atoms with Gasteiger partial charge in [-0.2, -0.15) is 13.2 Å². The maximum Gasteiger partial charge on any atom is 0.401 e. The lowest BCUT2D eigenvalue weighted by Crippen LogP contribution is -2.72. The molecule has 16 heavy (non-hydrogen) atoms. The van der Waals surface area contributed by atoms with E-state index < -0.39 is 12.7 Å². The van der Waals surface area contributed by atoms with Crippen LogP contribution in [0, 0.1) is 0 Å². The molecule has 5 heteroatoms. The van der Waals surface area contributed by atoms with Crippen molar-refractivity contribution in [1.82, 2.24) is 9.80 Å². The van der Waals surface area contributed by atoms with Crippen molar-refractivity contribution >= 4 is 0 Å². The molecule has 0 spiro atoms. The fourth-order valence-corrected chi connectivity index (χ4v) is 2.70. The second kappa shape index (κ2) is 3.60. The molecule has 0 saturated carbocycles. The summed E-state index contributed by atoms with van der Waals surface area (Å²) in [5.74, 6) is 0. The molecule has 3 aliphatic rings. The average molecular weight is 236 g/mol. The van der Waals surface area contributed by atoms with E-state index in [1.54, 1.807) is 4.90 Å².